The van der Waals surface area contributed by atoms with Gasteiger partial charge in [0.05, 0.1) is 5.41 Å². The van der Waals surface area contributed by atoms with E-state index in [4.69, 9.17) is 5.73 Å². The Balaban J connectivity index is 2.82. The summed E-state index contributed by atoms with van der Waals surface area (Å²) in [6.07, 6.45) is 6.91. The van der Waals surface area contributed by atoms with E-state index >= 15 is 0 Å². The number of carbonyl (C=O) groups excluding carboxylic acids is 1. The lowest BCUT2D eigenvalue weighted by atomic mass is 9.78. The molecule has 18 heavy (non-hydrogen) atoms. The minimum Gasteiger partial charge on any atom is -0.329 e. The third kappa shape index (κ3) is 3.53. The molecule has 4 heteroatoms. The van der Waals surface area contributed by atoms with Gasteiger partial charge in [-0.2, -0.15) is 0 Å². The molecule has 4 nitrogen and oxygen atoms in total. The number of pyridine rings is 1. The molecular formula is C14H23N3O. The van der Waals surface area contributed by atoms with Crippen molar-refractivity contribution in [2.75, 3.05) is 11.9 Å². The first-order chi connectivity index (χ1) is 8.68. The number of carbonyl (C=O) groups is 1. The first kappa shape index (κ1) is 14.6. The van der Waals surface area contributed by atoms with Crippen LogP contribution in [0.15, 0.2) is 24.5 Å². The minimum atomic E-state index is -0.438. The quantitative estimate of drug-likeness (QED) is 0.780. The number of nitrogens with one attached hydrogen (secondary N) is 1. The average molecular weight is 249 g/mol. The van der Waals surface area contributed by atoms with E-state index in [2.05, 4.69) is 24.1 Å². The zero-order chi connectivity index (χ0) is 13.4. The van der Waals surface area contributed by atoms with E-state index in [1.54, 1.807) is 24.5 Å². The van der Waals surface area contributed by atoms with Gasteiger partial charge in [-0.05, 0) is 25.0 Å². The summed E-state index contributed by atoms with van der Waals surface area (Å²) in [5, 5.41) is 2.94. The van der Waals surface area contributed by atoms with Crippen molar-refractivity contribution in [3.63, 3.8) is 0 Å². The fourth-order valence-electron chi connectivity index (χ4n) is 2.30. The summed E-state index contributed by atoms with van der Waals surface area (Å²) in [4.78, 5) is 16.4. The van der Waals surface area contributed by atoms with Gasteiger partial charge in [-0.15, -0.1) is 0 Å². The van der Waals surface area contributed by atoms with E-state index in [1.165, 1.54) is 0 Å². The Morgan fingerprint density at radius 3 is 2.28 bits per heavy atom. The lowest BCUT2D eigenvalue weighted by molar-refractivity contribution is -0.126. The van der Waals surface area contributed by atoms with Crippen molar-refractivity contribution < 1.29 is 4.79 Å². The van der Waals surface area contributed by atoms with Crippen LogP contribution in [0.1, 0.15) is 39.5 Å². The Morgan fingerprint density at radius 1 is 1.28 bits per heavy atom. The summed E-state index contributed by atoms with van der Waals surface area (Å²) in [5.41, 5.74) is 6.20. The average Bonchev–Trinajstić information content (AvgIpc) is 2.39. The monoisotopic (exact) mass is 249 g/mol. The Morgan fingerprint density at radius 2 is 1.83 bits per heavy atom. The van der Waals surface area contributed by atoms with Crippen LogP contribution in [0.5, 0.6) is 0 Å². The summed E-state index contributed by atoms with van der Waals surface area (Å²) >= 11 is 0. The summed E-state index contributed by atoms with van der Waals surface area (Å²) in [6, 6.07) is 3.58. The van der Waals surface area contributed by atoms with Crippen molar-refractivity contribution in [1.82, 2.24) is 4.98 Å². The normalized spacial score (nSPS) is 11.3. The van der Waals surface area contributed by atoms with Gasteiger partial charge in [-0.3, -0.25) is 9.78 Å². The molecule has 0 bridgehead atoms. The minimum absolute atomic E-state index is 0.0277. The summed E-state index contributed by atoms with van der Waals surface area (Å²) < 4.78 is 0. The van der Waals surface area contributed by atoms with Gasteiger partial charge in [0.25, 0.3) is 0 Å². The fourth-order valence-corrected chi connectivity index (χ4v) is 2.30. The first-order valence-electron chi connectivity index (χ1n) is 6.60. The molecule has 1 amide bonds. The molecule has 0 radical (unpaired) electrons. The fraction of sp³-hybridized carbons (Fsp3) is 0.571. The lowest BCUT2D eigenvalue weighted by Gasteiger charge is -2.30. The van der Waals surface area contributed by atoms with Gasteiger partial charge in [0.2, 0.25) is 5.91 Å². The van der Waals surface area contributed by atoms with Gasteiger partial charge >= 0.3 is 0 Å². The maximum Gasteiger partial charge on any atom is 0.231 e. The predicted molar refractivity (Wildman–Crippen MR) is 74.2 cm³/mol. The summed E-state index contributed by atoms with van der Waals surface area (Å²) in [7, 11) is 0. The van der Waals surface area contributed by atoms with E-state index < -0.39 is 5.41 Å². The molecule has 1 rings (SSSR count). The molecule has 100 valence electrons. The van der Waals surface area contributed by atoms with Crippen molar-refractivity contribution in [2.24, 2.45) is 11.1 Å². The maximum atomic E-state index is 12.4. The molecule has 0 aromatic carbocycles. The van der Waals surface area contributed by atoms with E-state index in [1.807, 2.05) is 0 Å². The number of amides is 1. The van der Waals surface area contributed by atoms with Crippen molar-refractivity contribution in [3.8, 4) is 0 Å². The Labute approximate surface area is 109 Å². The van der Waals surface area contributed by atoms with Crippen molar-refractivity contribution in [1.29, 1.82) is 0 Å². The molecule has 0 unspecified atom stereocenters. The number of nitrogens with zero attached hydrogens (tertiary/aromatic N) is 1. The van der Waals surface area contributed by atoms with Crippen molar-refractivity contribution in [2.45, 2.75) is 39.5 Å². The smallest absolute Gasteiger partial charge is 0.231 e. The first-order valence-corrected chi connectivity index (χ1v) is 6.60. The molecule has 0 saturated carbocycles. The predicted octanol–water partition coefficient (Wildman–Crippen LogP) is 2.57. The third-order valence-corrected chi connectivity index (χ3v) is 3.27. The number of nitrogens with two attached hydrogens (primary N) is 1. The number of hydrogen-bond donors (Lipinski definition) is 2. The van der Waals surface area contributed by atoms with E-state index in [9.17, 15) is 4.79 Å². The second-order valence-electron chi connectivity index (χ2n) is 4.67. The number of anilines is 1. The highest BCUT2D eigenvalue weighted by Crippen LogP contribution is 2.30. The lowest BCUT2D eigenvalue weighted by Crippen LogP contribution is -2.42. The van der Waals surface area contributed by atoms with E-state index in [0.717, 1.165) is 31.4 Å². The van der Waals surface area contributed by atoms with Crippen molar-refractivity contribution in [3.05, 3.63) is 24.5 Å². The maximum absolute atomic E-state index is 12.4. The second kappa shape index (κ2) is 7.11. The van der Waals surface area contributed by atoms with Gasteiger partial charge in [-0.25, -0.2) is 0 Å². The molecular weight excluding hydrogens is 226 g/mol. The molecule has 0 fully saturated rings. The molecule has 0 aliphatic carbocycles. The zero-order valence-corrected chi connectivity index (χ0v) is 11.3. The largest absolute Gasteiger partial charge is 0.329 e. The molecule has 1 heterocycles. The zero-order valence-electron chi connectivity index (χ0n) is 11.3. The van der Waals surface area contributed by atoms with Crippen LogP contribution < -0.4 is 11.1 Å². The van der Waals surface area contributed by atoms with Crippen LogP contribution in [0.25, 0.3) is 0 Å². The molecule has 0 atom stereocenters. The highest BCUT2D eigenvalue weighted by Gasteiger charge is 2.35. The highest BCUT2D eigenvalue weighted by molar-refractivity contribution is 5.95. The van der Waals surface area contributed by atoms with Gasteiger partial charge in [0.15, 0.2) is 0 Å². The molecule has 0 aliphatic rings. The van der Waals surface area contributed by atoms with Crippen molar-refractivity contribution >= 4 is 11.6 Å². The Hall–Kier alpha value is -1.42. The van der Waals surface area contributed by atoms with E-state index in [-0.39, 0.29) is 5.91 Å². The summed E-state index contributed by atoms with van der Waals surface area (Å²) in [6.45, 7) is 4.56. The topological polar surface area (TPSA) is 68.0 Å². The number of rotatable bonds is 7. The molecule has 1 aromatic heterocycles. The van der Waals surface area contributed by atoms with Crippen LogP contribution in [0.4, 0.5) is 5.69 Å². The molecule has 0 saturated heterocycles. The van der Waals surface area contributed by atoms with E-state index in [0.29, 0.717) is 6.54 Å². The Kier molecular flexibility index (Phi) is 5.78. The van der Waals surface area contributed by atoms with Gasteiger partial charge < -0.3 is 11.1 Å². The highest BCUT2D eigenvalue weighted by atomic mass is 16.2. The summed E-state index contributed by atoms with van der Waals surface area (Å²) in [5.74, 6) is 0.0277. The van der Waals surface area contributed by atoms with Crippen LogP contribution in [-0.4, -0.2) is 17.4 Å². The standard InChI is InChI=1S/C14H23N3O/c1-3-7-14(11-15,8-4-2)13(18)17-12-5-9-16-10-6-12/h5-6,9-10H,3-4,7-8,11,15H2,1-2H3,(H,16,17,18). The molecule has 3 N–H and O–H groups in total. The molecule has 1 aromatic rings. The van der Waals surface area contributed by atoms with Crippen LogP contribution in [-0.2, 0) is 4.79 Å². The molecule has 0 spiro atoms. The molecule has 0 aliphatic heterocycles. The third-order valence-electron chi connectivity index (χ3n) is 3.27. The number of hydrogen-bond acceptors (Lipinski definition) is 3. The van der Waals surface area contributed by atoms with Gasteiger partial charge in [0, 0.05) is 24.6 Å². The van der Waals surface area contributed by atoms with Gasteiger partial charge in [-0.1, -0.05) is 26.7 Å². The van der Waals surface area contributed by atoms with Crippen LogP contribution in [0, 0.1) is 5.41 Å². The Bertz CT molecular complexity index is 359. The second-order valence-corrected chi connectivity index (χ2v) is 4.67. The van der Waals surface area contributed by atoms with Crippen LogP contribution in [0.2, 0.25) is 0 Å². The van der Waals surface area contributed by atoms with Crippen LogP contribution >= 0.6 is 0 Å². The number of aromatic nitrogens is 1. The van der Waals surface area contributed by atoms with Crippen LogP contribution in [0.3, 0.4) is 0 Å². The SMILES string of the molecule is CCCC(CN)(CCC)C(=O)Nc1ccncc1. The van der Waals surface area contributed by atoms with Gasteiger partial charge in [0.1, 0.15) is 0 Å².